The van der Waals surface area contributed by atoms with Gasteiger partial charge in [0, 0.05) is 13.6 Å². The first kappa shape index (κ1) is 14.4. The summed E-state index contributed by atoms with van der Waals surface area (Å²) in [5, 5.41) is 0. The van der Waals surface area contributed by atoms with Crippen molar-refractivity contribution in [3.8, 4) is 5.75 Å². The molecule has 1 amide bonds. The molecule has 1 rings (SSSR count). The van der Waals surface area contributed by atoms with Gasteiger partial charge < -0.3 is 14.4 Å². The fraction of sp³-hybridized carbons (Fsp3) is 0.500. The van der Waals surface area contributed by atoms with Gasteiger partial charge >= 0.3 is 6.09 Å². The van der Waals surface area contributed by atoms with E-state index < -0.39 is 0 Å². The average Bonchev–Trinajstić information content (AvgIpc) is 2.39. The van der Waals surface area contributed by atoms with Crippen molar-refractivity contribution in [1.29, 1.82) is 0 Å². The molecule has 4 nitrogen and oxygen atoms in total. The topological polar surface area (TPSA) is 38.8 Å². The minimum atomic E-state index is -0.308. The molecule has 0 aromatic heterocycles. The van der Waals surface area contributed by atoms with Gasteiger partial charge in [-0.2, -0.15) is 0 Å². The molecule has 0 aliphatic carbocycles. The van der Waals surface area contributed by atoms with Crippen molar-refractivity contribution in [2.75, 3.05) is 27.8 Å². The quantitative estimate of drug-likeness (QED) is 0.825. The SMILES string of the molecule is COC(=O)N(C)CCc1ccc(OC)c(C)c1C. The van der Waals surface area contributed by atoms with E-state index in [4.69, 9.17) is 4.74 Å². The third-order valence-corrected chi connectivity index (χ3v) is 3.27. The summed E-state index contributed by atoms with van der Waals surface area (Å²) in [5.41, 5.74) is 3.59. The number of ether oxygens (including phenoxy) is 2. The van der Waals surface area contributed by atoms with Crippen LogP contribution < -0.4 is 4.74 Å². The third kappa shape index (κ3) is 3.15. The summed E-state index contributed by atoms with van der Waals surface area (Å²) in [6, 6.07) is 4.02. The summed E-state index contributed by atoms with van der Waals surface area (Å²) in [5.74, 6) is 0.901. The van der Waals surface area contributed by atoms with Gasteiger partial charge in [-0.1, -0.05) is 6.07 Å². The predicted molar refractivity (Wildman–Crippen MR) is 71.2 cm³/mol. The standard InChI is InChI=1S/C14H21NO3/c1-10-11(2)13(17-4)7-6-12(10)8-9-15(3)14(16)18-5/h6-7H,8-9H2,1-5H3. The van der Waals surface area contributed by atoms with Crippen molar-refractivity contribution in [1.82, 2.24) is 4.90 Å². The second-order valence-electron chi connectivity index (χ2n) is 4.32. The van der Waals surface area contributed by atoms with Crippen LogP contribution in [0.5, 0.6) is 5.75 Å². The number of amides is 1. The van der Waals surface area contributed by atoms with E-state index in [-0.39, 0.29) is 6.09 Å². The maximum absolute atomic E-state index is 11.3. The van der Waals surface area contributed by atoms with Crippen LogP contribution in [0.25, 0.3) is 0 Å². The summed E-state index contributed by atoms with van der Waals surface area (Å²) in [6.45, 7) is 4.76. The smallest absolute Gasteiger partial charge is 0.409 e. The molecule has 100 valence electrons. The lowest BCUT2D eigenvalue weighted by molar-refractivity contribution is 0.134. The van der Waals surface area contributed by atoms with E-state index in [0.717, 1.165) is 17.7 Å². The largest absolute Gasteiger partial charge is 0.496 e. The van der Waals surface area contributed by atoms with Crippen LogP contribution in [-0.4, -0.2) is 38.8 Å². The Morgan fingerprint density at radius 3 is 2.44 bits per heavy atom. The fourth-order valence-electron chi connectivity index (χ4n) is 1.88. The normalized spacial score (nSPS) is 10.1. The molecule has 4 heteroatoms. The second kappa shape index (κ2) is 6.28. The van der Waals surface area contributed by atoms with Crippen LogP contribution in [0.1, 0.15) is 16.7 Å². The van der Waals surface area contributed by atoms with Crippen LogP contribution in [0.2, 0.25) is 0 Å². The van der Waals surface area contributed by atoms with Crippen LogP contribution in [0.4, 0.5) is 4.79 Å². The summed E-state index contributed by atoms with van der Waals surface area (Å²) in [7, 11) is 4.80. The highest BCUT2D eigenvalue weighted by Crippen LogP contribution is 2.24. The van der Waals surface area contributed by atoms with E-state index in [2.05, 4.69) is 11.7 Å². The summed E-state index contributed by atoms with van der Waals surface area (Å²) < 4.78 is 9.94. The molecule has 0 atom stereocenters. The maximum atomic E-state index is 11.3. The van der Waals surface area contributed by atoms with E-state index in [0.29, 0.717) is 6.54 Å². The molecule has 0 heterocycles. The van der Waals surface area contributed by atoms with Crippen molar-refractivity contribution in [2.24, 2.45) is 0 Å². The third-order valence-electron chi connectivity index (χ3n) is 3.27. The lowest BCUT2D eigenvalue weighted by Crippen LogP contribution is -2.28. The molecule has 0 N–H and O–H groups in total. The number of likely N-dealkylation sites (N-methyl/N-ethyl adjacent to an activating group) is 1. The number of rotatable bonds is 4. The number of benzene rings is 1. The van der Waals surface area contributed by atoms with E-state index in [1.54, 1.807) is 19.1 Å². The highest BCUT2D eigenvalue weighted by molar-refractivity contribution is 5.66. The molecule has 0 aliphatic rings. The highest BCUT2D eigenvalue weighted by atomic mass is 16.5. The Bertz CT molecular complexity index is 429. The van der Waals surface area contributed by atoms with E-state index >= 15 is 0 Å². The Hall–Kier alpha value is -1.71. The van der Waals surface area contributed by atoms with Crippen LogP contribution in [0.3, 0.4) is 0 Å². The molecule has 1 aromatic rings. The van der Waals surface area contributed by atoms with Crippen molar-refractivity contribution in [3.63, 3.8) is 0 Å². The molecule has 0 radical (unpaired) electrons. The molecule has 0 bridgehead atoms. The molecule has 0 fully saturated rings. The van der Waals surface area contributed by atoms with Gasteiger partial charge in [0.1, 0.15) is 5.75 Å². The maximum Gasteiger partial charge on any atom is 0.409 e. The second-order valence-corrected chi connectivity index (χ2v) is 4.32. The van der Waals surface area contributed by atoms with Crippen LogP contribution in [0.15, 0.2) is 12.1 Å². The Kier molecular flexibility index (Phi) is 5.01. The Balaban J connectivity index is 2.74. The van der Waals surface area contributed by atoms with Gasteiger partial charge in [0.25, 0.3) is 0 Å². The zero-order valence-electron chi connectivity index (χ0n) is 11.7. The zero-order valence-corrected chi connectivity index (χ0v) is 11.7. The fourth-order valence-corrected chi connectivity index (χ4v) is 1.88. The van der Waals surface area contributed by atoms with Gasteiger partial charge in [-0.3, -0.25) is 0 Å². The number of carbonyl (C=O) groups is 1. The minimum Gasteiger partial charge on any atom is -0.496 e. The van der Waals surface area contributed by atoms with E-state index in [9.17, 15) is 4.79 Å². The highest BCUT2D eigenvalue weighted by Gasteiger charge is 2.10. The number of methoxy groups -OCH3 is 2. The molecule has 0 spiro atoms. The van der Waals surface area contributed by atoms with Crippen molar-refractivity contribution < 1.29 is 14.3 Å². The molecule has 0 saturated carbocycles. The molecule has 18 heavy (non-hydrogen) atoms. The number of nitrogens with zero attached hydrogens (tertiary/aromatic N) is 1. The van der Waals surface area contributed by atoms with Crippen LogP contribution in [0, 0.1) is 13.8 Å². The number of hydrogen-bond donors (Lipinski definition) is 0. The molecule has 1 aromatic carbocycles. The Morgan fingerprint density at radius 2 is 1.89 bits per heavy atom. The van der Waals surface area contributed by atoms with Gasteiger partial charge in [-0.15, -0.1) is 0 Å². The minimum absolute atomic E-state index is 0.308. The average molecular weight is 251 g/mol. The summed E-state index contributed by atoms with van der Waals surface area (Å²) in [6.07, 6.45) is 0.500. The zero-order chi connectivity index (χ0) is 13.7. The van der Waals surface area contributed by atoms with Crippen molar-refractivity contribution >= 4 is 6.09 Å². The van der Waals surface area contributed by atoms with Crippen molar-refractivity contribution in [3.05, 3.63) is 28.8 Å². The molecule has 0 unspecified atom stereocenters. The lowest BCUT2D eigenvalue weighted by Gasteiger charge is -2.17. The first-order valence-corrected chi connectivity index (χ1v) is 5.93. The van der Waals surface area contributed by atoms with E-state index in [1.165, 1.54) is 18.2 Å². The van der Waals surface area contributed by atoms with Gasteiger partial charge in [-0.25, -0.2) is 4.79 Å². The molecular weight excluding hydrogens is 230 g/mol. The molecule has 0 saturated heterocycles. The first-order valence-electron chi connectivity index (χ1n) is 5.93. The molecule has 0 aliphatic heterocycles. The van der Waals surface area contributed by atoms with Gasteiger partial charge in [0.2, 0.25) is 0 Å². The van der Waals surface area contributed by atoms with Crippen molar-refractivity contribution in [2.45, 2.75) is 20.3 Å². The van der Waals surface area contributed by atoms with Gasteiger partial charge in [0.05, 0.1) is 14.2 Å². The summed E-state index contributed by atoms with van der Waals surface area (Å²) in [4.78, 5) is 12.8. The Morgan fingerprint density at radius 1 is 1.22 bits per heavy atom. The molecular formula is C14H21NO3. The first-order chi connectivity index (χ1) is 8.51. The van der Waals surface area contributed by atoms with E-state index in [1.807, 2.05) is 19.1 Å². The van der Waals surface area contributed by atoms with Gasteiger partial charge in [-0.05, 0) is 43.0 Å². The number of carbonyl (C=O) groups excluding carboxylic acids is 1. The monoisotopic (exact) mass is 251 g/mol. The predicted octanol–water partition coefficient (Wildman–Crippen LogP) is 2.55. The summed E-state index contributed by atoms with van der Waals surface area (Å²) >= 11 is 0. The number of hydrogen-bond acceptors (Lipinski definition) is 3. The van der Waals surface area contributed by atoms with Gasteiger partial charge in [0.15, 0.2) is 0 Å². The Labute approximate surface area is 108 Å². The lowest BCUT2D eigenvalue weighted by atomic mass is 10.00. The van der Waals surface area contributed by atoms with Crippen LogP contribution in [-0.2, 0) is 11.2 Å². The van der Waals surface area contributed by atoms with Crippen LogP contribution >= 0.6 is 0 Å².